The number of fused-ring (bicyclic) bond motifs is 1. The number of rotatable bonds is 7. The highest BCUT2D eigenvalue weighted by Gasteiger charge is 2.30. The molecule has 1 aliphatic rings. The SMILES string of the molecule is COc1ccc(S(=O)(=O)N(Cc2cc3cc(C)ccc3[nH]c2=O)C[C@H]2CCCO2)cc1. The van der Waals surface area contributed by atoms with E-state index >= 15 is 0 Å². The van der Waals surface area contributed by atoms with Crippen molar-refractivity contribution >= 4 is 20.9 Å². The summed E-state index contributed by atoms with van der Waals surface area (Å²) in [6.45, 7) is 2.76. The number of pyridine rings is 1. The number of ether oxygens (including phenoxy) is 2. The number of benzene rings is 2. The Labute approximate surface area is 181 Å². The third-order valence-electron chi connectivity index (χ3n) is 5.55. The Morgan fingerprint density at radius 2 is 1.94 bits per heavy atom. The van der Waals surface area contributed by atoms with Crippen molar-refractivity contribution in [3.05, 3.63) is 70.0 Å². The summed E-state index contributed by atoms with van der Waals surface area (Å²) >= 11 is 0. The van der Waals surface area contributed by atoms with E-state index in [0.29, 0.717) is 17.9 Å². The minimum Gasteiger partial charge on any atom is -0.497 e. The average Bonchev–Trinajstić information content (AvgIpc) is 3.27. The normalized spacial score (nSPS) is 16.8. The van der Waals surface area contributed by atoms with Gasteiger partial charge in [0, 0.05) is 30.8 Å². The van der Waals surface area contributed by atoms with Crippen molar-refractivity contribution in [3.8, 4) is 5.75 Å². The predicted molar refractivity (Wildman–Crippen MR) is 119 cm³/mol. The molecule has 2 heterocycles. The van der Waals surface area contributed by atoms with Crippen LogP contribution < -0.4 is 10.3 Å². The number of aryl methyl sites for hydroxylation is 1. The summed E-state index contributed by atoms with van der Waals surface area (Å²) in [7, 11) is -2.32. The Bertz CT molecular complexity index is 1230. The Balaban J connectivity index is 1.71. The minimum absolute atomic E-state index is 0.0343. The molecule has 0 spiro atoms. The van der Waals surface area contributed by atoms with Crippen molar-refractivity contribution in [1.82, 2.24) is 9.29 Å². The Kier molecular flexibility index (Phi) is 6.13. The van der Waals surface area contributed by atoms with E-state index in [1.807, 2.05) is 25.1 Å². The zero-order valence-electron chi connectivity index (χ0n) is 17.6. The van der Waals surface area contributed by atoms with Gasteiger partial charge in [-0.3, -0.25) is 4.79 Å². The molecule has 1 saturated heterocycles. The van der Waals surface area contributed by atoms with E-state index in [2.05, 4.69) is 4.98 Å². The van der Waals surface area contributed by atoms with Gasteiger partial charge in [-0.05, 0) is 67.6 Å². The van der Waals surface area contributed by atoms with Crippen LogP contribution in [0.2, 0.25) is 0 Å². The van der Waals surface area contributed by atoms with Crippen LogP contribution in [0.15, 0.2) is 58.2 Å². The first kappa shape index (κ1) is 21.5. The van der Waals surface area contributed by atoms with Gasteiger partial charge in [-0.25, -0.2) is 8.42 Å². The standard InChI is InChI=1S/C23H26N2O5S/c1-16-5-10-22-17(12-16)13-18(23(26)24-22)14-25(15-20-4-3-11-30-20)31(27,28)21-8-6-19(29-2)7-9-21/h5-10,12-13,20H,3-4,11,14-15H2,1-2H3,(H,24,26)/t20-/m1/s1. The number of aromatic amines is 1. The lowest BCUT2D eigenvalue weighted by molar-refractivity contribution is 0.0925. The highest BCUT2D eigenvalue weighted by molar-refractivity contribution is 7.89. The molecular weight excluding hydrogens is 416 g/mol. The van der Waals surface area contributed by atoms with E-state index in [9.17, 15) is 13.2 Å². The van der Waals surface area contributed by atoms with Gasteiger partial charge >= 0.3 is 0 Å². The monoisotopic (exact) mass is 442 g/mol. The second-order valence-corrected chi connectivity index (χ2v) is 9.76. The van der Waals surface area contributed by atoms with Crippen LogP contribution in [0.5, 0.6) is 5.75 Å². The maximum Gasteiger partial charge on any atom is 0.252 e. The number of aromatic nitrogens is 1. The molecule has 0 amide bonds. The molecule has 1 N–H and O–H groups in total. The number of H-pyrrole nitrogens is 1. The molecule has 0 aliphatic carbocycles. The van der Waals surface area contributed by atoms with Gasteiger partial charge in [-0.1, -0.05) is 11.6 Å². The number of nitrogens with one attached hydrogen (secondary N) is 1. The molecule has 1 atom stereocenters. The highest BCUT2D eigenvalue weighted by Crippen LogP contribution is 2.24. The summed E-state index contributed by atoms with van der Waals surface area (Å²) in [5.41, 5.74) is 1.89. The zero-order chi connectivity index (χ0) is 22.0. The van der Waals surface area contributed by atoms with Crippen LogP contribution in [0.3, 0.4) is 0 Å². The van der Waals surface area contributed by atoms with Crippen molar-refractivity contribution < 1.29 is 17.9 Å². The summed E-state index contributed by atoms with van der Waals surface area (Å²) in [5.74, 6) is 0.575. The lowest BCUT2D eigenvalue weighted by Gasteiger charge is -2.25. The van der Waals surface area contributed by atoms with Crippen LogP contribution in [0, 0.1) is 6.92 Å². The smallest absolute Gasteiger partial charge is 0.252 e. The molecule has 1 fully saturated rings. The summed E-state index contributed by atoms with van der Waals surface area (Å²) in [5, 5.41) is 0.869. The number of nitrogens with zero attached hydrogens (tertiary/aromatic N) is 1. The largest absolute Gasteiger partial charge is 0.497 e. The molecule has 1 aliphatic heterocycles. The number of methoxy groups -OCH3 is 1. The minimum atomic E-state index is -3.84. The van der Waals surface area contributed by atoms with Crippen LogP contribution >= 0.6 is 0 Å². The number of sulfonamides is 1. The highest BCUT2D eigenvalue weighted by atomic mass is 32.2. The maximum absolute atomic E-state index is 13.5. The van der Waals surface area contributed by atoms with Crippen molar-refractivity contribution in [2.75, 3.05) is 20.3 Å². The molecule has 3 aromatic rings. The van der Waals surface area contributed by atoms with Crippen LogP contribution in [0.25, 0.3) is 10.9 Å². The van der Waals surface area contributed by atoms with E-state index in [1.165, 1.54) is 23.5 Å². The first-order chi connectivity index (χ1) is 14.9. The van der Waals surface area contributed by atoms with Crippen LogP contribution in [-0.2, 0) is 21.3 Å². The predicted octanol–water partition coefficient (Wildman–Crippen LogP) is 3.22. The van der Waals surface area contributed by atoms with Crippen molar-refractivity contribution in [3.63, 3.8) is 0 Å². The lowest BCUT2D eigenvalue weighted by Crippen LogP contribution is -2.38. The molecular formula is C23H26N2O5S. The van der Waals surface area contributed by atoms with Crippen LogP contribution in [0.1, 0.15) is 24.0 Å². The van der Waals surface area contributed by atoms with E-state index in [0.717, 1.165) is 29.3 Å². The van der Waals surface area contributed by atoms with E-state index in [1.54, 1.807) is 18.2 Å². The molecule has 0 radical (unpaired) electrons. The van der Waals surface area contributed by atoms with Crippen molar-refractivity contribution in [2.24, 2.45) is 0 Å². The van der Waals surface area contributed by atoms with Gasteiger partial charge in [0.05, 0.1) is 18.1 Å². The Hall–Kier alpha value is -2.68. The topological polar surface area (TPSA) is 88.7 Å². The quantitative estimate of drug-likeness (QED) is 0.607. The molecule has 2 aromatic carbocycles. The number of hydrogen-bond acceptors (Lipinski definition) is 5. The molecule has 31 heavy (non-hydrogen) atoms. The molecule has 164 valence electrons. The average molecular weight is 443 g/mol. The van der Waals surface area contributed by atoms with E-state index < -0.39 is 10.0 Å². The van der Waals surface area contributed by atoms with Gasteiger partial charge in [0.2, 0.25) is 10.0 Å². The van der Waals surface area contributed by atoms with Gasteiger partial charge in [-0.2, -0.15) is 4.31 Å². The lowest BCUT2D eigenvalue weighted by atomic mass is 10.1. The fourth-order valence-electron chi connectivity index (χ4n) is 3.84. The fourth-order valence-corrected chi connectivity index (χ4v) is 5.29. The van der Waals surface area contributed by atoms with Crippen molar-refractivity contribution in [2.45, 2.75) is 37.3 Å². The van der Waals surface area contributed by atoms with E-state index in [-0.39, 0.29) is 29.6 Å². The summed E-state index contributed by atoms with van der Waals surface area (Å²) in [4.78, 5) is 15.7. The third-order valence-corrected chi connectivity index (χ3v) is 7.38. The molecule has 8 heteroatoms. The van der Waals surface area contributed by atoms with Crippen LogP contribution in [-0.4, -0.2) is 44.1 Å². The first-order valence-corrected chi connectivity index (χ1v) is 11.7. The van der Waals surface area contributed by atoms with Crippen molar-refractivity contribution in [1.29, 1.82) is 0 Å². The van der Waals surface area contributed by atoms with E-state index in [4.69, 9.17) is 9.47 Å². The molecule has 0 unspecified atom stereocenters. The fraction of sp³-hybridized carbons (Fsp3) is 0.348. The maximum atomic E-state index is 13.5. The summed E-state index contributed by atoms with van der Waals surface area (Å²) in [6, 6.07) is 13.8. The first-order valence-electron chi connectivity index (χ1n) is 10.3. The molecule has 1 aromatic heterocycles. The van der Waals surface area contributed by atoms with Gasteiger partial charge in [-0.15, -0.1) is 0 Å². The molecule has 0 bridgehead atoms. The van der Waals surface area contributed by atoms with Gasteiger partial charge < -0.3 is 14.5 Å². The molecule has 4 rings (SSSR count). The Morgan fingerprint density at radius 3 is 2.61 bits per heavy atom. The van der Waals surface area contributed by atoms with Gasteiger partial charge in [0.25, 0.3) is 5.56 Å². The second-order valence-electron chi connectivity index (χ2n) is 7.82. The van der Waals surface area contributed by atoms with Gasteiger partial charge in [0.15, 0.2) is 0 Å². The molecule has 0 saturated carbocycles. The summed E-state index contributed by atoms with van der Waals surface area (Å²) in [6.07, 6.45) is 1.51. The summed E-state index contributed by atoms with van der Waals surface area (Å²) < 4.78 is 39.1. The molecule has 7 nitrogen and oxygen atoms in total. The second kappa shape index (κ2) is 8.82. The van der Waals surface area contributed by atoms with Gasteiger partial charge in [0.1, 0.15) is 5.75 Å². The Morgan fingerprint density at radius 1 is 1.16 bits per heavy atom. The third kappa shape index (κ3) is 4.66. The number of hydrogen-bond donors (Lipinski definition) is 1. The zero-order valence-corrected chi connectivity index (χ0v) is 18.4. The van der Waals surface area contributed by atoms with Crippen LogP contribution in [0.4, 0.5) is 0 Å².